The Labute approximate surface area is 176 Å². The Bertz CT molecular complexity index is 1220. The zero-order valence-corrected chi connectivity index (χ0v) is 16.4. The van der Waals surface area contributed by atoms with Gasteiger partial charge in [0.15, 0.2) is 17.1 Å². The number of phenols is 2. The minimum Gasteiger partial charge on any atom is -0.504 e. The molecule has 158 valence electrons. The number of nitrogens with two attached hydrogens (primary N) is 1. The lowest BCUT2D eigenvalue weighted by atomic mass is 10.1. The number of hydrogen-bond acceptors (Lipinski definition) is 8. The van der Waals surface area contributed by atoms with E-state index in [1.165, 1.54) is 18.5 Å². The fourth-order valence-corrected chi connectivity index (χ4v) is 2.96. The molecule has 4 rings (SSSR count). The van der Waals surface area contributed by atoms with E-state index in [1.807, 2.05) is 24.3 Å². The Morgan fingerprint density at radius 3 is 2.55 bits per heavy atom. The number of carbonyl (C=O) groups is 1. The maximum Gasteiger partial charge on any atom is 0.245 e. The third-order valence-electron chi connectivity index (χ3n) is 4.56. The van der Waals surface area contributed by atoms with Gasteiger partial charge in [-0.1, -0.05) is 30.3 Å². The largest absolute Gasteiger partial charge is 0.504 e. The second-order valence-corrected chi connectivity index (χ2v) is 6.87. The number of phenolic OH excluding ortho intramolecular Hbond substituents is 2. The van der Waals surface area contributed by atoms with Gasteiger partial charge in [-0.2, -0.15) is 9.97 Å². The van der Waals surface area contributed by atoms with Gasteiger partial charge in [0.05, 0.1) is 12.7 Å². The third kappa shape index (κ3) is 4.81. The number of anilines is 1. The Morgan fingerprint density at radius 1 is 1.03 bits per heavy atom. The highest BCUT2D eigenvalue weighted by Gasteiger charge is 2.10. The molecule has 6 N–H and O–H groups in total. The minimum absolute atomic E-state index is 0.0863. The topological polar surface area (TPSA) is 159 Å². The SMILES string of the molecule is Nc1nc(OCc2ccc(CNC(=O)Cc3ccc(O)c(O)c3)cc2)c2[nH]cnc2n1. The van der Waals surface area contributed by atoms with Crippen molar-refractivity contribution in [3.8, 4) is 17.4 Å². The molecule has 0 saturated carbocycles. The molecule has 0 aliphatic rings. The Kier molecular flexibility index (Phi) is 5.52. The van der Waals surface area contributed by atoms with Crippen molar-refractivity contribution in [2.75, 3.05) is 5.73 Å². The van der Waals surface area contributed by atoms with Crippen molar-refractivity contribution in [2.45, 2.75) is 19.6 Å². The average molecular weight is 420 g/mol. The number of H-pyrrole nitrogens is 1. The number of aromatic hydroxyl groups is 2. The second kappa shape index (κ2) is 8.57. The number of carbonyl (C=O) groups excluding carboxylic acids is 1. The molecule has 0 radical (unpaired) electrons. The van der Waals surface area contributed by atoms with Crippen LogP contribution in [-0.4, -0.2) is 36.1 Å². The van der Waals surface area contributed by atoms with Crippen molar-refractivity contribution >= 4 is 23.0 Å². The quantitative estimate of drug-likeness (QED) is 0.283. The Morgan fingerprint density at radius 2 is 1.77 bits per heavy atom. The van der Waals surface area contributed by atoms with Gasteiger partial charge in [-0.15, -0.1) is 0 Å². The molecule has 2 aromatic heterocycles. The lowest BCUT2D eigenvalue weighted by molar-refractivity contribution is -0.120. The molecule has 2 aromatic carbocycles. The molecular weight excluding hydrogens is 400 g/mol. The molecule has 0 aliphatic carbocycles. The predicted octanol–water partition coefficient (Wildman–Crippen LogP) is 1.78. The number of aromatic amines is 1. The number of nitrogens with zero attached hydrogens (tertiary/aromatic N) is 3. The van der Waals surface area contributed by atoms with Crippen molar-refractivity contribution in [2.24, 2.45) is 0 Å². The van der Waals surface area contributed by atoms with Crippen molar-refractivity contribution in [3.63, 3.8) is 0 Å². The third-order valence-corrected chi connectivity index (χ3v) is 4.56. The van der Waals surface area contributed by atoms with Gasteiger partial charge in [0, 0.05) is 6.54 Å². The summed E-state index contributed by atoms with van der Waals surface area (Å²) in [4.78, 5) is 27.2. The maximum atomic E-state index is 12.1. The highest BCUT2D eigenvalue weighted by atomic mass is 16.5. The summed E-state index contributed by atoms with van der Waals surface area (Å²) in [5.41, 5.74) is 9.15. The van der Waals surface area contributed by atoms with Crippen molar-refractivity contribution in [1.29, 1.82) is 0 Å². The summed E-state index contributed by atoms with van der Waals surface area (Å²) in [7, 11) is 0. The summed E-state index contributed by atoms with van der Waals surface area (Å²) in [6, 6.07) is 11.9. The van der Waals surface area contributed by atoms with Crippen LogP contribution in [0.25, 0.3) is 11.2 Å². The predicted molar refractivity (Wildman–Crippen MR) is 112 cm³/mol. The summed E-state index contributed by atoms with van der Waals surface area (Å²) in [5.74, 6) is -0.242. The fraction of sp³-hybridized carbons (Fsp3) is 0.143. The van der Waals surface area contributed by atoms with E-state index in [4.69, 9.17) is 10.5 Å². The number of rotatable bonds is 7. The van der Waals surface area contributed by atoms with E-state index in [1.54, 1.807) is 6.07 Å². The van der Waals surface area contributed by atoms with Crippen LogP contribution in [0.3, 0.4) is 0 Å². The molecule has 4 aromatic rings. The molecule has 0 unspecified atom stereocenters. The van der Waals surface area contributed by atoms with Crippen LogP contribution in [0.4, 0.5) is 5.95 Å². The maximum absolute atomic E-state index is 12.1. The lowest BCUT2D eigenvalue weighted by Crippen LogP contribution is -2.24. The molecule has 0 saturated heterocycles. The van der Waals surface area contributed by atoms with Gasteiger partial charge in [0.25, 0.3) is 0 Å². The van der Waals surface area contributed by atoms with E-state index < -0.39 is 0 Å². The van der Waals surface area contributed by atoms with E-state index in [2.05, 4.69) is 25.3 Å². The number of benzene rings is 2. The summed E-state index contributed by atoms with van der Waals surface area (Å²) in [5, 5.41) is 21.7. The van der Waals surface area contributed by atoms with Gasteiger partial charge in [0.2, 0.25) is 17.7 Å². The summed E-state index contributed by atoms with van der Waals surface area (Å²) in [6.07, 6.45) is 1.60. The van der Waals surface area contributed by atoms with Gasteiger partial charge in [0.1, 0.15) is 12.1 Å². The van der Waals surface area contributed by atoms with Crippen LogP contribution in [0.1, 0.15) is 16.7 Å². The summed E-state index contributed by atoms with van der Waals surface area (Å²) >= 11 is 0. The molecule has 0 spiro atoms. The van der Waals surface area contributed by atoms with Crippen LogP contribution in [0.5, 0.6) is 17.4 Å². The Hall–Kier alpha value is -4.34. The first-order valence-corrected chi connectivity index (χ1v) is 9.42. The van der Waals surface area contributed by atoms with Crippen LogP contribution in [-0.2, 0) is 24.4 Å². The van der Waals surface area contributed by atoms with Gasteiger partial charge < -0.3 is 31.0 Å². The number of nitrogens with one attached hydrogen (secondary N) is 2. The van der Waals surface area contributed by atoms with Crippen molar-refractivity contribution in [3.05, 3.63) is 65.5 Å². The average Bonchev–Trinajstić information content (AvgIpc) is 3.22. The number of nitrogen functional groups attached to an aromatic ring is 1. The molecule has 2 heterocycles. The molecular formula is C21H20N6O4. The molecule has 0 fully saturated rings. The normalized spacial score (nSPS) is 10.8. The first-order valence-electron chi connectivity index (χ1n) is 9.42. The summed E-state index contributed by atoms with van der Waals surface area (Å²) in [6.45, 7) is 0.642. The van der Waals surface area contributed by atoms with Crippen LogP contribution in [0.2, 0.25) is 0 Å². The van der Waals surface area contributed by atoms with Crippen LogP contribution >= 0.6 is 0 Å². The van der Waals surface area contributed by atoms with Crippen LogP contribution < -0.4 is 15.8 Å². The Balaban J connectivity index is 1.30. The molecule has 1 amide bonds. The van der Waals surface area contributed by atoms with Crippen molar-refractivity contribution < 1.29 is 19.7 Å². The van der Waals surface area contributed by atoms with E-state index in [0.29, 0.717) is 29.2 Å². The highest BCUT2D eigenvalue weighted by Crippen LogP contribution is 2.25. The van der Waals surface area contributed by atoms with Gasteiger partial charge in [-0.3, -0.25) is 4.79 Å². The number of ether oxygens (including phenoxy) is 1. The number of aromatic nitrogens is 4. The second-order valence-electron chi connectivity index (χ2n) is 6.87. The molecule has 0 bridgehead atoms. The smallest absolute Gasteiger partial charge is 0.245 e. The molecule has 10 nitrogen and oxygen atoms in total. The molecule has 0 atom stereocenters. The minimum atomic E-state index is -0.249. The van der Waals surface area contributed by atoms with Crippen LogP contribution in [0, 0.1) is 0 Å². The van der Waals surface area contributed by atoms with E-state index in [-0.39, 0.29) is 36.4 Å². The zero-order valence-electron chi connectivity index (χ0n) is 16.4. The van der Waals surface area contributed by atoms with E-state index in [0.717, 1.165) is 11.1 Å². The lowest BCUT2D eigenvalue weighted by Gasteiger charge is -2.09. The van der Waals surface area contributed by atoms with Crippen molar-refractivity contribution in [1.82, 2.24) is 25.3 Å². The highest BCUT2D eigenvalue weighted by molar-refractivity contribution is 5.78. The van der Waals surface area contributed by atoms with Gasteiger partial charge >= 0.3 is 0 Å². The number of hydrogen-bond donors (Lipinski definition) is 5. The zero-order chi connectivity index (χ0) is 21.8. The van der Waals surface area contributed by atoms with E-state index in [9.17, 15) is 15.0 Å². The first-order chi connectivity index (χ1) is 15.0. The monoisotopic (exact) mass is 420 g/mol. The fourth-order valence-electron chi connectivity index (χ4n) is 2.96. The standard InChI is InChI=1S/C21H20N6O4/c22-21-26-19-18(24-11-25-19)20(27-21)31-10-13-3-1-12(2-4-13)9-23-17(30)8-14-5-6-15(28)16(29)7-14/h1-7,11,28-29H,8-10H2,(H,23,30)(H3,22,24,25,26,27). The first kappa shape index (κ1) is 20.0. The van der Waals surface area contributed by atoms with Crippen LogP contribution in [0.15, 0.2) is 48.8 Å². The molecule has 10 heteroatoms. The van der Waals surface area contributed by atoms with E-state index >= 15 is 0 Å². The number of amides is 1. The molecule has 0 aliphatic heterocycles. The number of fused-ring (bicyclic) bond motifs is 1. The van der Waals surface area contributed by atoms with Gasteiger partial charge in [-0.05, 0) is 28.8 Å². The number of imidazole rings is 1. The molecule has 31 heavy (non-hydrogen) atoms. The summed E-state index contributed by atoms with van der Waals surface area (Å²) < 4.78 is 5.76. The van der Waals surface area contributed by atoms with Gasteiger partial charge in [-0.25, -0.2) is 4.98 Å².